The van der Waals surface area contributed by atoms with Crippen molar-refractivity contribution >= 4 is 0 Å². The highest BCUT2D eigenvalue weighted by molar-refractivity contribution is 5.18. The summed E-state index contributed by atoms with van der Waals surface area (Å²) in [5.41, 5.74) is 0.759. The molecule has 4 heteroatoms. The first kappa shape index (κ1) is 14.4. The molecule has 2 rings (SSSR count). The van der Waals surface area contributed by atoms with Crippen molar-refractivity contribution in [1.82, 2.24) is 5.32 Å². The van der Waals surface area contributed by atoms with E-state index >= 15 is 0 Å². The minimum Gasteiger partial charge on any atom is -0.388 e. The summed E-state index contributed by atoms with van der Waals surface area (Å²) in [5.74, 6) is -0.276. The van der Waals surface area contributed by atoms with Crippen molar-refractivity contribution in [3.8, 4) is 0 Å². The SMILES string of the molecule is C[C@H](C[C@H](O)c1ccc(F)cc1)N[C@H]1CCCOC1. The predicted molar refractivity (Wildman–Crippen MR) is 72.4 cm³/mol. The van der Waals surface area contributed by atoms with E-state index in [1.165, 1.54) is 12.1 Å². The molecule has 1 aliphatic heterocycles. The maximum Gasteiger partial charge on any atom is 0.123 e. The Bertz CT molecular complexity index is 376. The molecular weight excluding hydrogens is 245 g/mol. The summed E-state index contributed by atoms with van der Waals surface area (Å²) in [6, 6.07) is 6.61. The van der Waals surface area contributed by atoms with Crippen molar-refractivity contribution in [1.29, 1.82) is 0 Å². The van der Waals surface area contributed by atoms with E-state index in [0.29, 0.717) is 12.5 Å². The molecular formula is C15H22FNO2. The predicted octanol–water partition coefficient (Wildman–Crippen LogP) is 2.41. The van der Waals surface area contributed by atoms with Crippen LogP contribution in [0.25, 0.3) is 0 Å². The number of benzene rings is 1. The first-order valence-corrected chi connectivity index (χ1v) is 6.92. The zero-order valence-corrected chi connectivity index (χ0v) is 11.3. The van der Waals surface area contributed by atoms with Crippen molar-refractivity contribution in [3.05, 3.63) is 35.6 Å². The Labute approximate surface area is 113 Å². The minimum atomic E-state index is -0.562. The molecule has 0 bridgehead atoms. The van der Waals surface area contributed by atoms with E-state index in [-0.39, 0.29) is 11.9 Å². The normalized spacial score (nSPS) is 23.0. The van der Waals surface area contributed by atoms with Crippen LogP contribution in [0.5, 0.6) is 0 Å². The summed E-state index contributed by atoms with van der Waals surface area (Å²) in [7, 11) is 0. The molecule has 1 saturated heterocycles. The molecule has 0 amide bonds. The number of hydrogen-bond donors (Lipinski definition) is 2. The van der Waals surface area contributed by atoms with Crippen molar-refractivity contribution in [3.63, 3.8) is 0 Å². The van der Waals surface area contributed by atoms with Crippen LogP contribution in [-0.2, 0) is 4.74 Å². The summed E-state index contributed by atoms with van der Waals surface area (Å²) in [4.78, 5) is 0. The Morgan fingerprint density at radius 3 is 2.79 bits per heavy atom. The molecule has 1 aliphatic rings. The van der Waals surface area contributed by atoms with Crippen LogP contribution < -0.4 is 5.32 Å². The average molecular weight is 267 g/mol. The lowest BCUT2D eigenvalue weighted by Gasteiger charge is -2.27. The third-order valence-electron chi connectivity index (χ3n) is 3.51. The number of aliphatic hydroxyl groups excluding tert-OH is 1. The first-order chi connectivity index (χ1) is 9.15. The lowest BCUT2D eigenvalue weighted by Crippen LogP contribution is -2.42. The van der Waals surface area contributed by atoms with Gasteiger partial charge in [0.2, 0.25) is 0 Å². The number of nitrogens with one attached hydrogen (secondary N) is 1. The van der Waals surface area contributed by atoms with Crippen LogP contribution in [0.4, 0.5) is 4.39 Å². The molecule has 0 aromatic heterocycles. The summed E-state index contributed by atoms with van der Waals surface area (Å²) < 4.78 is 18.2. The highest BCUT2D eigenvalue weighted by Crippen LogP contribution is 2.19. The molecule has 2 N–H and O–H groups in total. The van der Waals surface area contributed by atoms with Crippen molar-refractivity contribution in [2.45, 2.75) is 44.4 Å². The van der Waals surface area contributed by atoms with Crippen LogP contribution in [0.1, 0.15) is 37.9 Å². The highest BCUT2D eigenvalue weighted by atomic mass is 19.1. The maximum absolute atomic E-state index is 12.8. The van der Waals surface area contributed by atoms with Gasteiger partial charge in [0.25, 0.3) is 0 Å². The van der Waals surface area contributed by atoms with Gasteiger partial charge in [-0.2, -0.15) is 0 Å². The summed E-state index contributed by atoms with van der Waals surface area (Å²) in [6.07, 6.45) is 2.26. The fourth-order valence-electron chi connectivity index (χ4n) is 2.50. The smallest absolute Gasteiger partial charge is 0.123 e. The molecule has 3 atom stereocenters. The second kappa shape index (κ2) is 6.98. The lowest BCUT2D eigenvalue weighted by molar-refractivity contribution is 0.0628. The molecule has 19 heavy (non-hydrogen) atoms. The van der Waals surface area contributed by atoms with Gasteiger partial charge >= 0.3 is 0 Å². The van der Waals surface area contributed by atoms with Crippen molar-refractivity contribution < 1.29 is 14.2 Å². The van der Waals surface area contributed by atoms with Crippen LogP contribution in [0, 0.1) is 5.82 Å². The standard InChI is InChI=1S/C15H22FNO2/c1-11(17-14-3-2-8-19-10-14)9-15(18)12-4-6-13(16)7-5-12/h4-7,11,14-15,17-18H,2-3,8-10H2,1H3/t11-,14+,15+/m1/s1. The van der Waals surface area contributed by atoms with E-state index in [1.807, 2.05) is 0 Å². The Hall–Kier alpha value is -0.970. The van der Waals surface area contributed by atoms with E-state index in [1.54, 1.807) is 12.1 Å². The van der Waals surface area contributed by atoms with Crippen molar-refractivity contribution in [2.24, 2.45) is 0 Å². The molecule has 0 spiro atoms. The van der Waals surface area contributed by atoms with Crippen LogP contribution in [-0.4, -0.2) is 30.4 Å². The Morgan fingerprint density at radius 1 is 1.42 bits per heavy atom. The molecule has 0 saturated carbocycles. The molecule has 1 aromatic carbocycles. The third kappa shape index (κ3) is 4.56. The van der Waals surface area contributed by atoms with Gasteiger partial charge in [0, 0.05) is 18.7 Å². The molecule has 0 unspecified atom stereocenters. The van der Waals surface area contributed by atoms with Gasteiger partial charge in [-0.1, -0.05) is 12.1 Å². The zero-order chi connectivity index (χ0) is 13.7. The molecule has 1 aromatic rings. The van der Waals surface area contributed by atoms with Crippen LogP contribution in [0.3, 0.4) is 0 Å². The Balaban J connectivity index is 1.80. The van der Waals surface area contributed by atoms with E-state index < -0.39 is 6.10 Å². The fourth-order valence-corrected chi connectivity index (χ4v) is 2.50. The highest BCUT2D eigenvalue weighted by Gasteiger charge is 2.18. The Kier molecular flexibility index (Phi) is 5.31. The van der Waals surface area contributed by atoms with E-state index in [9.17, 15) is 9.50 Å². The van der Waals surface area contributed by atoms with Crippen LogP contribution >= 0.6 is 0 Å². The number of halogens is 1. The quantitative estimate of drug-likeness (QED) is 0.861. The van der Waals surface area contributed by atoms with Gasteiger partial charge in [0.15, 0.2) is 0 Å². The minimum absolute atomic E-state index is 0.201. The monoisotopic (exact) mass is 267 g/mol. The van der Waals surface area contributed by atoms with Crippen LogP contribution in [0.15, 0.2) is 24.3 Å². The van der Waals surface area contributed by atoms with Gasteiger partial charge in [-0.05, 0) is 43.9 Å². The second-order valence-electron chi connectivity index (χ2n) is 5.28. The first-order valence-electron chi connectivity index (χ1n) is 6.92. The third-order valence-corrected chi connectivity index (χ3v) is 3.51. The number of rotatable bonds is 5. The van der Waals surface area contributed by atoms with Gasteiger partial charge in [-0.25, -0.2) is 4.39 Å². The average Bonchev–Trinajstić information content (AvgIpc) is 2.40. The largest absolute Gasteiger partial charge is 0.388 e. The van der Waals surface area contributed by atoms with Crippen LogP contribution in [0.2, 0.25) is 0 Å². The molecule has 1 heterocycles. The van der Waals surface area contributed by atoms with Gasteiger partial charge in [0.05, 0.1) is 12.7 Å². The van der Waals surface area contributed by atoms with Gasteiger partial charge in [-0.15, -0.1) is 0 Å². The van der Waals surface area contributed by atoms with Gasteiger partial charge < -0.3 is 15.2 Å². The lowest BCUT2D eigenvalue weighted by atomic mass is 10.0. The maximum atomic E-state index is 12.8. The zero-order valence-electron chi connectivity index (χ0n) is 11.3. The molecule has 0 radical (unpaired) electrons. The Morgan fingerprint density at radius 2 is 2.16 bits per heavy atom. The topological polar surface area (TPSA) is 41.5 Å². The van der Waals surface area contributed by atoms with Gasteiger partial charge in [-0.3, -0.25) is 0 Å². The molecule has 1 fully saturated rings. The van der Waals surface area contributed by atoms with E-state index in [2.05, 4.69) is 12.2 Å². The number of hydrogen-bond acceptors (Lipinski definition) is 3. The number of aliphatic hydroxyl groups is 1. The van der Waals surface area contributed by atoms with Crippen molar-refractivity contribution in [2.75, 3.05) is 13.2 Å². The van der Waals surface area contributed by atoms with E-state index in [4.69, 9.17) is 4.74 Å². The summed E-state index contributed by atoms with van der Waals surface area (Å²) in [5, 5.41) is 13.6. The molecule has 106 valence electrons. The molecule has 3 nitrogen and oxygen atoms in total. The summed E-state index contributed by atoms with van der Waals surface area (Å²) >= 11 is 0. The second-order valence-corrected chi connectivity index (χ2v) is 5.28. The number of ether oxygens (including phenoxy) is 1. The summed E-state index contributed by atoms with van der Waals surface area (Å²) in [6.45, 7) is 3.66. The van der Waals surface area contributed by atoms with E-state index in [0.717, 1.165) is 31.6 Å². The molecule has 0 aliphatic carbocycles. The fraction of sp³-hybridized carbons (Fsp3) is 0.600. The van der Waals surface area contributed by atoms with Gasteiger partial charge in [0.1, 0.15) is 5.82 Å².